The zero-order valence-corrected chi connectivity index (χ0v) is 15.7. The number of amides is 1. The number of aryl methyl sites for hydroxylation is 1. The van der Waals surface area contributed by atoms with Crippen LogP contribution in [0.2, 0.25) is 10.0 Å². The quantitative estimate of drug-likeness (QED) is 0.710. The van der Waals surface area contributed by atoms with Crippen molar-refractivity contribution in [3.8, 4) is 5.75 Å². The highest BCUT2D eigenvalue weighted by molar-refractivity contribution is 6.40. The van der Waals surface area contributed by atoms with E-state index in [9.17, 15) is 13.6 Å². The topological polar surface area (TPSA) is 41.6 Å². The minimum Gasteiger partial charge on any atom is -0.435 e. The van der Waals surface area contributed by atoms with E-state index in [2.05, 4.69) is 10.1 Å². The number of carbonyl (C=O) groups is 1. The Morgan fingerprint density at radius 1 is 1.19 bits per heavy atom. The number of halogens is 4. The number of ether oxygens (including phenoxy) is 1. The fourth-order valence-electron chi connectivity index (χ4n) is 2.34. The zero-order chi connectivity index (χ0) is 19.3. The number of hydrogen-bond donors (Lipinski definition) is 1. The van der Waals surface area contributed by atoms with Crippen LogP contribution >= 0.6 is 23.2 Å². The number of alkyl halides is 2. The van der Waals surface area contributed by atoms with Crippen LogP contribution in [0, 0.1) is 6.92 Å². The molecule has 2 aromatic rings. The molecule has 0 aliphatic heterocycles. The molecular weight excluding hydrogens is 385 g/mol. The first-order valence-corrected chi connectivity index (χ1v) is 8.48. The lowest BCUT2D eigenvalue weighted by Crippen LogP contribution is -2.30. The summed E-state index contributed by atoms with van der Waals surface area (Å²) in [6.45, 7) is -0.470. The summed E-state index contributed by atoms with van der Waals surface area (Å²) in [5.41, 5.74) is 2.06. The third-order valence-electron chi connectivity index (χ3n) is 3.56. The maximum atomic E-state index is 12.2. The Balaban J connectivity index is 1.92. The lowest BCUT2D eigenvalue weighted by Gasteiger charge is -2.18. The van der Waals surface area contributed by atoms with Crippen LogP contribution < -0.4 is 10.1 Å². The monoisotopic (exact) mass is 402 g/mol. The van der Waals surface area contributed by atoms with Gasteiger partial charge in [-0.05, 0) is 43.3 Å². The van der Waals surface area contributed by atoms with Gasteiger partial charge in [-0.3, -0.25) is 9.69 Å². The second kappa shape index (κ2) is 9.16. The maximum Gasteiger partial charge on any atom is 0.387 e. The molecular formula is C18H18Cl2F2N2O2. The molecule has 0 saturated heterocycles. The van der Waals surface area contributed by atoms with Crippen LogP contribution in [0.3, 0.4) is 0 Å². The van der Waals surface area contributed by atoms with E-state index in [0.717, 1.165) is 11.1 Å². The Kier molecular flexibility index (Phi) is 7.20. The summed E-state index contributed by atoms with van der Waals surface area (Å²) in [6, 6.07) is 9.70. The van der Waals surface area contributed by atoms with Gasteiger partial charge in [0.15, 0.2) is 0 Å². The summed E-state index contributed by atoms with van der Waals surface area (Å²) in [5, 5.41) is 3.49. The number of nitrogens with zero attached hydrogens (tertiary/aromatic N) is 1. The van der Waals surface area contributed by atoms with Crippen LogP contribution in [0.15, 0.2) is 36.4 Å². The molecule has 0 spiro atoms. The summed E-state index contributed by atoms with van der Waals surface area (Å²) in [7, 11) is 1.77. The van der Waals surface area contributed by atoms with Crippen molar-refractivity contribution in [3.63, 3.8) is 0 Å². The average molecular weight is 403 g/mol. The Hall–Kier alpha value is -1.89. The first-order valence-electron chi connectivity index (χ1n) is 7.73. The number of anilines is 1. The smallest absolute Gasteiger partial charge is 0.387 e. The lowest BCUT2D eigenvalue weighted by atomic mass is 10.2. The SMILES string of the molecule is Cc1ccc(Cl)c(NC(=O)CN(C)Cc2ccc(OC(F)F)cc2)c1Cl. The summed E-state index contributed by atoms with van der Waals surface area (Å²) in [6.07, 6.45) is 0. The molecule has 26 heavy (non-hydrogen) atoms. The van der Waals surface area contributed by atoms with E-state index < -0.39 is 6.61 Å². The maximum absolute atomic E-state index is 12.2. The molecule has 1 amide bonds. The summed E-state index contributed by atoms with van der Waals surface area (Å²) in [5.74, 6) is -0.174. The van der Waals surface area contributed by atoms with Gasteiger partial charge in [-0.15, -0.1) is 0 Å². The second-order valence-corrected chi connectivity index (χ2v) is 6.58. The summed E-state index contributed by atoms with van der Waals surface area (Å²) < 4.78 is 28.6. The van der Waals surface area contributed by atoms with Crippen LogP contribution in [-0.2, 0) is 11.3 Å². The van der Waals surface area contributed by atoms with Gasteiger partial charge in [0, 0.05) is 6.54 Å². The van der Waals surface area contributed by atoms with E-state index in [-0.39, 0.29) is 18.2 Å². The highest BCUT2D eigenvalue weighted by atomic mass is 35.5. The average Bonchev–Trinajstić information content (AvgIpc) is 2.56. The van der Waals surface area contributed by atoms with Crippen molar-refractivity contribution in [2.24, 2.45) is 0 Å². The molecule has 140 valence electrons. The molecule has 0 bridgehead atoms. The predicted octanol–water partition coefficient (Wildman–Crippen LogP) is 4.97. The predicted molar refractivity (Wildman–Crippen MR) is 99.2 cm³/mol. The number of nitrogens with one attached hydrogen (secondary N) is 1. The van der Waals surface area contributed by atoms with Crippen LogP contribution in [0.4, 0.5) is 14.5 Å². The van der Waals surface area contributed by atoms with E-state index in [0.29, 0.717) is 22.3 Å². The largest absolute Gasteiger partial charge is 0.435 e. The van der Waals surface area contributed by atoms with Gasteiger partial charge in [0.1, 0.15) is 5.75 Å². The van der Waals surface area contributed by atoms with Gasteiger partial charge in [0.2, 0.25) is 5.91 Å². The fourth-order valence-corrected chi connectivity index (χ4v) is 2.80. The van der Waals surface area contributed by atoms with Crippen molar-refractivity contribution in [3.05, 3.63) is 57.6 Å². The second-order valence-electron chi connectivity index (χ2n) is 5.80. The van der Waals surface area contributed by atoms with Crippen LogP contribution in [0.1, 0.15) is 11.1 Å². The van der Waals surface area contributed by atoms with Crippen molar-refractivity contribution in [2.45, 2.75) is 20.1 Å². The molecule has 0 aromatic heterocycles. The molecule has 0 fully saturated rings. The van der Waals surface area contributed by atoms with Crippen molar-refractivity contribution in [1.82, 2.24) is 4.90 Å². The number of benzene rings is 2. The third kappa shape index (κ3) is 5.83. The first kappa shape index (κ1) is 20.4. The molecule has 0 unspecified atom stereocenters. The molecule has 0 saturated carbocycles. The normalized spacial score (nSPS) is 11.1. The van der Waals surface area contributed by atoms with E-state index in [1.807, 2.05) is 6.92 Å². The van der Waals surface area contributed by atoms with E-state index >= 15 is 0 Å². The number of hydrogen-bond acceptors (Lipinski definition) is 3. The van der Waals surface area contributed by atoms with Gasteiger partial charge in [0.25, 0.3) is 0 Å². The van der Waals surface area contributed by atoms with E-state index in [1.54, 1.807) is 36.2 Å². The third-order valence-corrected chi connectivity index (χ3v) is 4.37. The van der Waals surface area contributed by atoms with Gasteiger partial charge in [-0.1, -0.05) is 41.4 Å². The Labute approximate surface area is 160 Å². The Morgan fingerprint density at radius 2 is 1.85 bits per heavy atom. The molecule has 0 aliphatic carbocycles. The minimum absolute atomic E-state index is 0.0906. The Bertz CT molecular complexity index is 771. The van der Waals surface area contributed by atoms with Gasteiger partial charge in [-0.25, -0.2) is 0 Å². The molecule has 0 radical (unpaired) electrons. The molecule has 0 atom stereocenters. The van der Waals surface area contributed by atoms with Gasteiger partial charge >= 0.3 is 6.61 Å². The van der Waals surface area contributed by atoms with Crippen molar-refractivity contribution in [1.29, 1.82) is 0 Å². The minimum atomic E-state index is -2.85. The van der Waals surface area contributed by atoms with Crippen molar-refractivity contribution >= 4 is 34.8 Å². The highest BCUT2D eigenvalue weighted by Gasteiger charge is 2.13. The molecule has 1 N–H and O–H groups in total. The van der Waals surface area contributed by atoms with Gasteiger partial charge in [-0.2, -0.15) is 8.78 Å². The molecule has 8 heteroatoms. The molecule has 2 aromatic carbocycles. The van der Waals surface area contributed by atoms with Gasteiger partial charge < -0.3 is 10.1 Å². The van der Waals surface area contributed by atoms with Crippen molar-refractivity contribution < 1.29 is 18.3 Å². The zero-order valence-electron chi connectivity index (χ0n) is 14.2. The van der Waals surface area contributed by atoms with Gasteiger partial charge in [0.05, 0.1) is 22.3 Å². The van der Waals surface area contributed by atoms with E-state index in [1.165, 1.54) is 12.1 Å². The molecule has 4 nitrogen and oxygen atoms in total. The highest BCUT2D eigenvalue weighted by Crippen LogP contribution is 2.32. The Morgan fingerprint density at radius 3 is 2.46 bits per heavy atom. The molecule has 0 heterocycles. The summed E-state index contributed by atoms with van der Waals surface area (Å²) in [4.78, 5) is 14.0. The van der Waals surface area contributed by atoms with Crippen LogP contribution in [0.25, 0.3) is 0 Å². The van der Waals surface area contributed by atoms with Crippen molar-refractivity contribution in [2.75, 3.05) is 18.9 Å². The first-order chi connectivity index (χ1) is 12.3. The number of rotatable bonds is 7. The molecule has 0 aliphatic rings. The number of likely N-dealkylation sites (N-methyl/N-ethyl adjacent to an activating group) is 1. The standard InChI is InChI=1S/C18H18Cl2F2N2O2/c1-11-3-8-14(19)17(16(11)20)23-15(25)10-24(2)9-12-4-6-13(7-5-12)26-18(21)22/h3-8,18H,9-10H2,1-2H3,(H,23,25). The summed E-state index contributed by atoms with van der Waals surface area (Å²) >= 11 is 12.3. The van der Waals surface area contributed by atoms with Crippen LogP contribution in [-0.4, -0.2) is 31.0 Å². The lowest BCUT2D eigenvalue weighted by molar-refractivity contribution is -0.117. The number of carbonyl (C=O) groups excluding carboxylic acids is 1. The van der Waals surface area contributed by atoms with Crippen LogP contribution in [0.5, 0.6) is 5.75 Å². The molecule has 2 rings (SSSR count). The van der Waals surface area contributed by atoms with E-state index in [4.69, 9.17) is 23.2 Å². The fraction of sp³-hybridized carbons (Fsp3) is 0.278.